The van der Waals surface area contributed by atoms with Crippen LogP contribution in [0.25, 0.3) is 0 Å². The average molecular weight is 586 g/mol. The van der Waals surface area contributed by atoms with E-state index in [9.17, 15) is 29.4 Å². The molecule has 0 bridgehead atoms. The van der Waals surface area contributed by atoms with E-state index in [1.807, 2.05) is 20.8 Å². The van der Waals surface area contributed by atoms with Crippen LogP contribution in [-0.2, 0) is 23.9 Å². The number of hydrogen-bond donors (Lipinski definition) is 4. The second kappa shape index (κ2) is 15.2. The third-order valence-corrected chi connectivity index (χ3v) is 7.45. The predicted octanol–water partition coefficient (Wildman–Crippen LogP) is 2.60. The number of benzene rings is 1. The van der Waals surface area contributed by atoms with Crippen molar-refractivity contribution in [2.24, 2.45) is 5.41 Å². The van der Waals surface area contributed by atoms with Gasteiger partial charge in [0.15, 0.2) is 0 Å². The summed E-state index contributed by atoms with van der Waals surface area (Å²) in [5.74, 6) is 1.02. The normalized spacial score (nSPS) is 18.5. The van der Waals surface area contributed by atoms with Crippen LogP contribution in [0.1, 0.15) is 96.7 Å². The zero-order valence-electron chi connectivity index (χ0n) is 25.7. The average Bonchev–Trinajstić information content (AvgIpc) is 3.32. The first-order valence-corrected chi connectivity index (χ1v) is 14.5. The van der Waals surface area contributed by atoms with Gasteiger partial charge in [-0.2, -0.15) is 0 Å². The van der Waals surface area contributed by atoms with Crippen LogP contribution in [0.15, 0.2) is 24.3 Å². The first-order valence-electron chi connectivity index (χ1n) is 14.5. The second-order valence-corrected chi connectivity index (χ2v) is 12.6. The first kappa shape index (κ1) is 34.8. The molecule has 1 fully saturated rings. The van der Waals surface area contributed by atoms with Crippen molar-refractivity contribution in [2.75, 3.05) is 13.7 Å². The molecule has 0 saturated carbocycles. The quantitative estimate of drug-likeness (QED) is 0.158. The summed E-state index contributed by atoms with van der Waals surface area (Å²) in [6, 6.07) is 4.18. The summed E-state index contributed by atoms with van der Waals surface area (Å²) < 4.78 is 4.63. The van der Waals surface area contributed by atoms with Crippen LogP contribution in [-0.4, -0.2) is 76.2 Å². The summed E-state index contributed by atoms with van der Waals surface area (Å²) >= 11 is 0. The summed E-state index contributed by atoms with van der Waals surface area (Å²) in [7, 11) is 1.35. The molecule has 232 valence electrons. The first-order chi connectivity index (χ1) is 19.6. The summed E-state index contributed by atoms with van der Waals surface area (Å²) in [5.41, 5.74) is -0.725. The second-order valence-electron chi connectivity index (χ2n) is 12.6. The van der Waals surface area contributed by atoms with E-state index in [2.05, 4.69) is 21.3 Å². The van der Waals surface area contributed by atoms with Crippen molar-refractivity contribution in [2.45, 2.75) is 109 Å². The van der Waals surface area contributed by atoms with Gasteiger partial charge in [-0.25, -0.2) is 0 Å². The van der Waals surface area contributed by atoms with Crippen LogP contribution in [0.2, 0.25) is 0 Å². The minimum Gasteiger partial charge on any atom is -0.469 e. The number of aliphatic hydroxyl groups is 2. The molecule has 1 heterocycles. The van der Waals surface area contributed by atoms with E-state index in [-0.39, 0.29) is 31.3 Å². The summed E-state index contributed by atoms with van der Waals surface area (Å²) in [4.78, 5) is 52.8. The van der Waals surface area contributed by atoms with Gasteiger partial charge >= 0.3 is 5.97 Å². The number of β-amino-alcohol motifs (C(OH)–C–C–N with tert-alkyl or cyclic N) is 1. The highest BCUT2D eigenvalue weighted by Gasteiger charge is 2.45. The lowest BCUT2D eigenvalue weighted by molar-refractivity contribution is -0.144. The number of ether oxygens (including phenoxy) is 1. The Labute approximate surface area is 249 Å². The molecule has 4 atom stereocenters. The maximum absolute atomic E-state index is 13.8. The fraction of sp³-hybridized carbons (Fsp3) is 0.625. The van der Waals surface area contributed by atoms with Crippen LogP contribution >= 0.6 is 0 Å². The molecule has 1 aliphatic rings. The number of esters is 1. The van der Waals surface area contributed by atoms with E-state index < -0.39 is 47.1 Å². The molecule has 4 N–H and O–H groups in total. The van der Waals surface area contributed by atoms with Gasteiger partial charge in [0.2, 0.25) is 17.7 Å². The number of amides is 3. The molecule has 1 aliphatic heterocycles. The predicted molar refractivity (Wildman–Crippen MR) is 159 cm³/mol. The molecular weight excluding hydrogens is 538 g/mol. The smallest absolute Gasteiger partial charge is 0.305 e. The van der Waals surface area contributed by atoms with Crippen molar-refractivity contribution in [1.82, 2.24) is 15.5 Å². The molecule has 1 aromatic rings. The molecular formula is C32H47N3O7. The summed E-state index contributed by atoms with van der Waals surface area (Å²) in [6.07, 6.45) is 7.95. The van der Waals surface area contributed by atoms with Gasteiger partial charge in [0.25, 0.3) is 0 Å². The number of unbranched alkanes of at least 4 members (excludes halogenated alkanes) is 3. The number of likely N-dealkylation sites (tertiary alicyclic amines) is 1. The van der Waals surface area contributed by atoms with Crippen molar-refractivity contribution in [3.05, 3.63) is 35.4 Å². The van der Waals surface area contributed by atoms with Crippen LogP contribution in [0.3, 0.4) is 0 Å². The van der Waals surface area contributed by atoms with E-state index in [0.29, 0.717) is 30.4 Å². The lowest BCUT2D eigenvalue weighted by Crippen LogP contribution is -2.58. The number of aliphatic hydroxyl groups excluding tert-OH is 1. The van der Waals surface area contributed by atoms with Gasteiger partial charge in [-0.15, -0.1) is 6.42 Å². The zero-order valence-corrected chi connectivity index (χ0v) is 25.7. The molecule has 0 radical (unpaired) electrons. The molecule has 2 rings (SSSR count). The topological polar surface area (TPSA) is 145 Å². The Morgan fingerprint density at radius 1 is 1.02 bits per heavy atom. The van der Waals surface area contributed by atoms with Gasteiger partial charge in [-0.3, -0.25) is 19.2 Å². The van der Waals surface area contributed by atoms with Gasteiger partial charge in [0.05, 0.1) is 24.9 Å². The molecule has 42 heavy (non-hydrogen) atoms. The Morgan fingerprint density at radius 3 is 2.14 bits per heavy atom. The highest BCUT2D eigenvalue weighted by molar-refractivity contribution is 5.93. The molecule has 1 saturated heterocycles. The fourth-order valence-corrected chi connectivity index (χ4v) is 5.04. The number of rotatable bonds is 13. The lowest BCUT2D eigenvalue weighted by Gasteiger charge is -2.36. The molecule has 3 amide bonds. The largest absolute Gasteiger partial charge is 0.469 e. The Kier molecular flexibility index (Phi) is 12.6. The fourth-order valence-electron chi connectivity index (χ4n) is 5.04. The van der Waals surface area contributed by atoms with Crippen molar-refractivity contribution < 1.29 is 34.1 Å². The Morgan fingerprint density at radius 2 is 1.62 bits per heavy atom. The van der Waals surface area contributed by atoms with Crippen molar-refractivity contribution >= 4 is 23.7 Å². The Bertz CT molecular complexity index is 1130. The highest BCUT2D eigenvalue weighted by Crippen LogP contribution is 2.29. The van der Waals surface area contributed by atoms with Crippen LogP contribution in [0.4, 0.5) is 0 Å². The van der Waals surface area contributed by atoms with Gasteiger partial charge in [0, 0.05) is 31.4 Å². The number of methoxy groups -OCH3 is 1. The van der Waals surface area contributed by atoms with Crippen molar-refractivity contribution in [1.29, 1.82) is 0 Å². The standard InChI is InChI=1S/C32H47N3O7/c1-8-21-15-17-22(18-16-21)27(32(5,6)41)34-29(39)24-19-23(36)20-35(24)30(40)28(31(2,3)4)33-25(37)13-11-9-10-12-14-26(38)42-7/h1,15-18,23-24,27-28,36,41H,9-14,19-20H2,2-7H3,(H,33,37)(H,34,39)/t23-,24+,27+,28-/m1/s1. The number of nitrogens with one attached hydrogen (secondary N) is 2. The summed E-state index contributed by atoms with van der Waals surface area (Å²) in [5, 5.41) is 27.1. The number of terminal acetylenes is 1. The molecule has 1 aromatic carbocycles. The zero-order chi connectivity index (χ0) is 31.7. The Balaban J connectivity index is 2.12. The minimum absolute atomic E-state index is 0.0303. The van der Waals surface area contributed by atoms with Gasteiger partial charge in [-0.05, 0) is 49.8 Å². The Hall–Kier alpha value is -3.42. The lowest BCUT2D eigenvalue weighted by atomic mass is 9.85. The van der Waals surface area contributed by atoms with Gasteiger partial charge < -0.3 is 30.5 Å². The maximum atomic E-state index is 13.8. The van der Waals surface area contributed by atoms with Gasteiger partial charge in [-0.1, -0.05) is 51.7 Å². The summed E-state index contributed by atoms with van der Waals surface area (Å²) in [6.45, 7) is 8.58. The highest BCUT2D eigenvalue weighted by atomic mass is 16.5. The van der Waals surface area contributed by atoms with Crippen LogP contribution in [0.5, 0.6) is 0 Å². The SMILES string of the molecule is C#Cc1ccc([C@H](NC(=O)[C@@H]2C[C@@H](O)CN2C(=O)[C@@H](NC(=O)CCCCCCC(=O)OC)C(C)(C)C)C(C)(C)O)cc1. The van der Waals surface area contributed by atoms with E-state index in [0.717, 1.165) is 12.8 Å². The molecule has 10 heteroatoms. The molecule has 0 aliphatic carbocycles. The number of hydrogen-bond acceptors (Lipinski definition) is 7. The third kappa shape index (κ3) is 10.1. The van der Waals surface area contributed by atoms with E-state index in [4.69, 9.17) is 6.42 Å². The molecule has 0 aromatic heterocycles. The minimum atomic E-state index is -1.35. The van der Waals surface area contributed by atoms with E-state index >= 15 is 0 Å². The molecule has 10 nitrogen and oxygen atoms in total. The monoisotopic (exact) mass is 585 g/mol. The van der Waals surface area contributed by atoms with Gasteiger partial charge in [0.1, 0.15) is 12.1 Å². The van der Waals surface area contributed by atoms with E-state index in [1.54, 1.807) is 38.1 Å². The van der Waals surface area contributed by atoms with Crippen molar-refractivity contribution in [3.8, 4) is 12.3 Å². The number of carbonyl (C=O) groups is 4. The van der Waals surface area contributed by atoms with E-state index in [1.165, 1.54) is 12.0 Å². The molecule has 0 spiro atoms. The molecule has 0 unspecified atom stereocenters. The van der Waals surface area contributed by atoms with Crippen molar-refractivity contribution in [3.63, 3.8) is 0 Å². The van der Waals surface area contributed by atoms with Crippen LogP contribution in [0, 0.1) is 17.8 Å². The third-order valence-electron chi connectivity index (χ3n) is 7.45. The number of nitrogens with zero attached hydrogens (tertiary/aromatic N) is 1. The maximum Gasteiger partial charge on any atom is 0.305 e. The van der Waals surface area contributed by atoms with Crippen LogP contribution < -0.4 is 10.6 Å². The number of carbonyl (C=O) groups excluding carboxylic acids is 4.